The first-order chi connectivity index (χ1) is 9.24. The van der Waals surface area contributed by atoms with E-state index >= 15 is 0 Å². The number of aromatic nitrogens is 2. The van der Waals surface area contributed by atoms with Gasteiger partial charge >= 0.3 is 0 Å². The van der Waals surface area contributed by atoms with Gasteiger partial charge in [0, 0.05) is 0 Å². The maximum absolute atomic E-state index is 3.91. The number of rotatable bonds is 2. The Kier molecular flexibility index (Phi) is 3.96. The molecule has 3 aromatic rings. The summed E-state index contributed by atoms with van der Waals surface area (Å²) in [5.41, 5.74) is 4.83. The lowest BCUT2D eigenvalue weighted by atomic mass is 10.1. The molecule has 0 spiro atoms. The van der Waals surface area contributed by atoms with Gasteiger partial charge in [-0.3, -0.25) is 0 Å². The second-order valence-electron chi connectivity index (χ2n) is 4.72. The Balaban J connectivity index is 0.00000147. The molecule has 102 valence electrons. The van der Waals surface area contributed by atoms with Crippen molar-refractivity contribution in [1.82, 2.24) is 4.57 Å². The normalized spacial score (nSPS) is 10.3. The van der Waals surface area contributed by atoms with Crippen LogP contribution in [-0.4, -0.2) is 4.57 Å². The van der Waals surface area contributed by atoms with Gasteiger partial charge in [0.15, 0.2) is 11.0 Å². The van der Waals surface area contributed by atoms with Gasteiger partial charge in [0.2, 0.25) is 0 Å². The smallest absolute Gasteiger partial charge is 0.290 e. The summed E-state index contributed by atoms with van der Waals surface area (Å²) in [7, 11) is 4.22. The van der Waals surface area contributed by atoms with E-state index in [0.29, 0.717) is 0 Å². The van der Waals surface area contributed by atoms with Crippen molar-refractivity contribution >= 4 is 17.1 Å². The molecule has 0 N–H and O–H groups in total. The van der Waals surface area contributed by atoms with E-state index in [1.54, 1.807) is 0 Å². The van der Waals surface area contributed by atoms with Gasteiger partial charge in [-0.05, 0) is 23.8 Å². The molecule has 3 heteroatoms. The summed E-state index contributed by atoms with van der Waals surface area (Å²) in [5, 5.41) is 0. The summed E-state index contributed by atoms with van der Waals surface area (Å²) in [5.74, 6) is 1.19. The summed E-state index contributed by atoms with van der Waals surface area (Å²) in [6, 6.07) is 16.8. The molecule has 0 saturated heterocycles. The minimum Gasteiger partial charge on any atom is -1.00 e. The highest BCUT2D eigenvalue weighted by Gasteiger charge is 2.22. The van der Waals surface area contributed by atoms with Gasteiger partial charge in [0.1, 0.15) is 0 Å². The van der Waals surface area contributed by atoms with Gasteiger partial charge < -0.3 is 12.4 Å². The molecular formula is C17H17ClN2. The Hall–Kier alpha value is -2.06. The lowest BCUT2D eigenvalue weighted by Gasteiger charge is -2.03. The maximum atomic E-state index is 3.91. The topological polar surface area (TPSA) is 8.81 Å². The van der Waals surface area contributed by atoms with Crippen LogP contribution in [0.1, 0.15) is 5.56 Å². The number of aryl methyl sites for hydroxylation is 2. The molecule has 0 saturated carbocycles. The average Bonchev–Trinajstić information content (AvgIpc) is 2.71. The Labute approximate surface area is 125 Å². The monoisotopic (exact) mass is 284 g/mol. The fraction of sp³-hybridized carbons (Fsp3) is 0.118. The van der Waals surface area contributed by atoms with Gasteiger partial charge in [-0.1, -0.05) is 43.0 Å². The molecule has 0 aliphatic rings. The average molecular weight is 285 g/mol. The molecule has 0 fully saturated rings. The van der Waals surface area contributed by atoms with Gasteiger partial charge in [0.25, 0.3) is 5.82 Å². The molecule has 0 atom stereocenters. The van der Waals surface area contributed by atoms with Crippen LogP contribution in [0.2, 0.25) is 0 Å². The predicted octanol–water partition coefficient (Wildman–Crippen LogP) is 0.317. The second-order valence-corrected chi connectivity index (χ2v) is 4.72. The number of halogens is 1. The zero-order valence-electron chi connectivity index (χ0n) is 11.7. The lowest BCUT2D eigenvalue weighted by molar-refractivity contribution is -0.634. The van der Waals surface area contributed by atoms with Gasteiger partial charge in [-0.15, -0.1) is 0 Å². The van der Waals surface area contributed by atoms with Crippen molar-refractivity contribution in [2.24, 2.45) is 14.1 Å². The van der Waals surface area contributed by atoms with Gasteiger partial charge in [0.05, 0.1) is 19.7 Å². The zero-order valence-corrected chi connectivity index (χ0v) is 12.4. The Morgan fingerprint density at radius 3 is 2.40 bits per heavy atom. The number of benzene rings is 2. The lowest BCUT2D eigenvalue weighted by Crippen LogP contribution is -3.00. The molecule has 0 unspecified atom stereocenters. The molecule has 0 bridgehead atoms. The Morgan fingerprint density at radius 2 is 1.70 bits per heavy atom. The first-order valence-electron chi connectivity index (χ1n) is 6.39. The first-order valence-corrected chi connectivity index (χ1v) is 6.39. The summed E-state index contributed by atoms with van der Waals surface area (Å²) in [4.78, 5) is 0. The van der Waals surface area contributed by atoms with Crippen molar-refractivity contribution in [3.05, 3.63) is 60.7 Å². The van der Waals surface area contributed by atoms with Crippen molar-refractivity contribution in [1.29, 1.82) is 0 Å². The van der Waals surface area contributed by atoms with Crippen LogP contribution in [0.3, 0.4) is 0 Å². The van der Waals surface area contributed by atoms with Crippen LogP contribution in [-0.2, 0) is 14.1 Å². The third-order valence-electron chi connectivity index (χ3n) is 3.66. The molecule has 2 aromatic carbocycles. The number of para-hydroxylation sites is 2. The summed E-state index contributed by atoms with van der Waals surface area (Å²) in [6.45, 7) is 3.91. The molecule has 3 rings (SSSR count). The molecule has 20 heavy (non-hydrogen) atoms. The molecule has 0 aliphatic heterocycles. The second kappa shape index (κ2) is 5.51. The highest BCUT2D eigenvalue weighted by molar-refractivity contribution is 5.78. The van der Waals surface area contributed by atoms with Crippen LogP contribution in [0.4, 0.5) is 0 Å². The van der Waals surface area contributed by atoms with Crippen LogP contribution in [0.25, 0.3) is 28.5 Å². The van der Waals surface area contributed by atoms with E-state index < -0.39 is 0 Å². The van der Waals surface area contributed by atoms with Crippen LogP contribution in [0.5, 0.6) is 0 Å². The van der Waals surface area contributed by atoms with E-state index in [1.165, 1.54) is 22.4 Å². The largest absolute Gasteiger partial charge is 1.00 e. The van der Waals surface area contributed by atoms with Crippen molar-refractivity contribution in [3.63, 3.8) is 0 Å². The van der Waals surface area contributed by atoms with Crippen molar-refractivity contribution < 1.29 is 17.0 Å². The number of fused-ring (bicyclic) bond motifs is 1. The molecule has 0 radical (unpaired) electrons. The minimum absolute atomic E-state index is 0. The minimum atomic E-state index is 0. The van der Waals surface area contributed by atoms with E-state index in [9.17, 15) is 0 Å². The fourth-order valence-electron chi connectivity index (χ4n) is 2.72. The third-order valence-corrected chi connectivity index (χ3v) is 3.66. The molecule has 2 nitrogen and oxygen atoms in total. The molecule has 1 aromatic heterocycles. The van der Waals surface area contributed by atoms with E-state index in [-0.39, 0.29) is 12.4 Å². The van der Waals surface area contributed by atoms with E-state index in [0.717, 1.165) is 5.56 Å². The highest BCUT2D eigenvalue weighted by atomic mass is 35.5. The quantitative estimate of drug-likeness (QED) is 0.599. The third kappa shape index (κ3) is 2.02. The van der Waals surface area contributed by atoms with Crippen molar-refractivity contribution in [2.45, 2.75) is 0 Å². The fourth-order valence-corrected chi connectivity index (χ4v) is 2.72. The van der Waals surface area contributed by atoms with E-state index in [2.05, 4.69) is 72.3 Å². The molecule has 1 heterocycles. The van der Waals surface area contributed by atoms with E-state index in [4.69, 9.17) is 0 Å². The number of imidazole rings is 1. The van der Waals surface area contributed by atoms with E-state index in [1.807, 2.05) is 12.1 Å². The van der Waals surface area contributed by atoms with Crippen molar-refractivity contribution in [3.8, 4) is 11.4 Å². The maximum Gasteiger partial charge on any atom is 0.290 e. The highest BCUT2D eigenvalue weighted by Crippen LogP contribution is 2.25. The molecular weight excluding hydrogens is 268 g/mol. The Bertz CT molecular complexity index is 733. The van der Waals surface area contributed by atoms with Crippen molar-refractivity contribution in [2.75, 3.05) is 0 Å². The van der Waals surface area contributed by atoms with Crippen LogP contribution >= 0.6 is 0 Å². The summed E-state index contributed by atoms with van der Waals surface area (Å²) < 4.78 is 4.47. The predicted molar refractivity (Wildman–Crippen MR) is 79.6 cm³/mol. The van der Waals surface area contributed by atoms with Gasteiger partial charge in [-0.2, -0.15) is 0 Å². The number of nitrogens with zero attached hydrogens (tertiary/aromatic N) is 2. The zero-order chi connectivity index (χ0) is 13.4. The molecule has 0 amide bonds. The van der Waals surface area contributed by atoms with Gasteiger partial charge in [-0.25, -0.2) is 9.13 Å². The SMILES string of the molecule is C=Cc1ccccc1-c1n(C)c2ccccc2[n+]1C.[Cl-]. The van der Waals surface area contributed by atoms with Crippen LogP contribution in [0.15, 0.2) is 55.1 Å². The number of hydrogen-bond acceptors (Lipinski definition) is 0. The standard InChI is InChI=1S/C17H17N2.ClH/c1-4-13-9-5-6-10-14(13)17-18(2)15-11-7-8-12-16(15)19(17)3;/h4-12H,1H2,2-3H3;1H/q+1;/p-1. The molecule has 0 aliphatic carbocycles. The summed E-state index contributed by atoms with van der Waals surface area (Å²) >= 11 is 0. The summed E-state index contributed by atoms with van der Waals surface area (Å²) in [6.07, 6.45) is 1.91. The first kappa shape index (κ1) is 14.4. The van der Waals surface area contributed by atoms with Crippen LogP contribution in [0, 0.1) is 0 Å². The van der Waals surface area contributed by atoms with Crippen LogP contribution < -0.4 is 17.0 Å². The Morgan fingerprint density at radius 1 is 1.05 bits per heavy atom. The number of hydrogen-bond donors (Lipinski definition) is 0.